The van der Waals surface area contributed by atoms with Gasteiger partial charge in [0.05, 0.1) is 11.8 Å². The number of rotatable bonds is 1. The molecule has 2 aliphatic rings. The number of fused-ring (bicyclic) bond motifs is 1. The number of carbonyl (C=O) groups excluding carboxylic acids is 1. The Hall–Kier alpha value is -2.11. The Kier molecular flexibility index (Phi) is 2.85. The first-order chi connectivity index (χ1) is 9.16. The molecule has 2 aliphatic heterocycles. The second-order valence-electron chi connectivity index (χ2n) is 5.04. The summed E-state index contributed by atoms with van der Waals surface area (Å²) in [5, 5.41) is 6.65. The Balaban J connectivity index is 1.89. The number of hydrazone groups is 1. The van der Waals surface area contributed by atoms with Crippen molar-refractivity contribution in [2.45, 2.75) is 12.5 Å². The van der Waals surface area contributed by atoms with Crippen LogP contribution < -0.4 is 5.73 Å². The van der Waals surface area contributed by atoms with Crippen molar-refractivity contribution in [3.63, 3.8) is 0 Å². The number of carbonyl (C=O) groups is 1. The van der Waals surface area contributed by atoms with Gasteiger partial charge < -0.3 is 10.6 Å². The maximum Gasteiger partial charge on any atom is 0.314 e. The number of hydrogen-bond acceptors (Lipinski definition) is 4. The van der Waals surface area contributed by atoms with E-state index in [2.05, 4.69) is 10.1 Å². The first kappa shape index (κ1) is 12.0. The summed E-state index contributed by atoms with van der Waals surface area (Å²) < 4.78 is 0. The van der Waals surface area contributed by atoms with E-state index in [9.17, 15) is 4.79 Å². The molecule has 2 N–H and O–H groups in total. The second kappa shape index (κ2) is 4.53. The number of likely N-dealkylation sites (tertiary alicyclic amines) is 1. The number of nitrogens with two attached hydrogens (primary N) is 1. The minimum absolute atomic E-state index is 0.230. The lowest BCUT2D eigenvalue weighted by atomic mass is 9.86. The van der Waals surface area contributed by atoms with Crippen LogP contribution in [-0.2, 0) is 0 Å². The number of primary amides is 1. The summed E-state index contributed by atoms with van der Waals surface area (Å²) >= 11 is 0. The molecule has 1 aromatic heterocycles. The summed E-state index contributed by atoms with van der Waals surface area (Å²) in [6, 6.07) is 3.93. The Morgan fingerprint density at radius 1 is 1.42 bits per heavy atom. The van der Waals surface area contributed by atoms with Gasteiger partial charge in [-0.05, 0) is 18.6 Å². The molecule has 1 aromatic rings. The van der Waals surface area contributed by atoms with Crippen LogP contribution in [0, 0.1) is 5.92 Å². The van der Waals surface area contributed by atoms with E-state index in [4.69, 9.17) is 5.73 Å². The molecule has 3 rings (SSSR count). The number of amides is 2. The molecule has 0 spiro atoms. The van der Waals surface area contributed by atoms with Crippen LogP contribution in [-0.4, -0.2) is 52.8 Å². The molecule has 3 heterocycles. The zero-order valence-corrected chi connectivity index (χ0v) is 10.9. The number of piperidine rings is 1. The first-order valence-corrected chi connectivity index (χ1v) is 6.43. The van der Waals surface area contributed by atoms with E-state index in [1.807, 2.05) is 24.2 Å². The first-order valence-electron chi connectivity index (χ1n) is 6.43. The van der Waals surface area contributed by atoms with Crippen molar-refractivity contribution in [1.29, 1.82) is 0 Å². The van der Waals surface area contributed by atoms with E-state index in [1.165, 1.54) is 0 Å². The molecule has 0 radical (unpaired) electrons. The third kappa shape index (κ3) is 2.03. The smallest absolute Gasteiger partial charge is 0.314 e. The summed E-state index contributed by atoms with van der Waals surface area (Å²) in [6.45, 7) is 1.35. The highest BCUT2D eigenvalue weighted by molar-refractivity contribution is 6.03. The molecular weight excluding hydrogens is 242 g/mol. The lowest BCUT2D eigenvalue weighted by Crippen LogP contribution is -2.51. The molecule has 6 nitrogen and oxygen atoms in total. The lowest BCUT2D eigenvalue weighted by Gasteiger charge is -2.36. The fraction of sp³-hybridized carbons (Fsp3) is 0.462. The van der Waals surface area contributed by atoms with Crippen LogP contribution >= 0.6 is 0 Å². The standard InChI is InChI=1S/C13H17N5O/c1-17-11-4-7-18(13(14)19)8-10(11)12(16-17)9-2-5-15-6-3-9/h2-3,5-6,10-11H,4,7-8H2,1H3,(H2,14,19). The Morgan fingerprint density at radius 2 is 2.16 bits per heavy atom. The van der Waals surface area contributed by atoms with E-state index in [0.29, 0.717) is 19.1 Å². The van der Waals surface area contributed by atoms with Gasteiger partial charge in [-0.2, -0.15) is 5.10 Å². The van der Waals surface area contributed by atoms with Crippen molar-refractivity contribution in [3.05, 3.63) is 30.1 Å². The van der Waals surface area contributed by atoms with Crippen LogP contribution in [0.25, 0.3) is 0 Å². The molecule has 2 amide bonds. The van der Waals surface area contributed by atoms with E-state index in [0.717, 1.165) is 17.7 Å². The van der Waals surface area contributed by atoms with Crippen molar-refractivity contribution < 1.29 is 4.79 Å². The highest BCUT2D eigenvalue weighted by Crippen LogP contribution is 2.30. The van der Waals surface area contributed by atoms with Gasteiger partial charge in [0.25, 0.3) is 0 Å². The van der Waals surface area contributed by atoms with Crippen molar-refractivity contribution in [1.82, 2.24) is 14.9 Å². The summed E-state index contributed by atoms with van der Waals surface area (Å²) in [7, 11) is 1.99. The predicted molar refractivity (Wildman–Crippen MR) is 71.6 cm³/mol. The number of nitrogens with zero attached hydrogens (tertiary/aromatic N) is 4. The summed E-state index contributed by atoms with van der Waals surface area (Å²) in [5.41, 5.74) is 7.49. The van der Waals surface area contributed by atoms with Crippen molar-refractivity contribution in [3.8, 4) is 0 Å². The number of hydrogen-bond donors (Lipinski definition) is 1. The highest BCUT2D eigenvalue weighted by atomic mass is 16.2. The summed E-state index contributed by atoms with van der Waals surface area (Å²) in [6.07, 6.45) is 4.43. The zero-order valence-electron chi connectivity index (χ0n) is 10.9. The van der Waals surface area contributed by atoms with Crippen molar-refractivity contribution in [2.24, 2.45) is 16.8 Å². The minimum atomic E-state index is -0.345. The minimum Gasteiger partial charge on any atom is -0.351 e. The van der Waals surface area contributed by atoms with E-state index in [1.54, 1.807) is 17.3 Å². The van der Waals surface area contributed by atoms with Crippen LogP contribution in [0.3, 0.4) is 0 Å². The van der Waals surface area contributed by atoms with Gasteiger partial charge in [-0.3, -0.25) is 9.99 Å². The number of pyridine rings is 1. The van der Waals surface area contributed by atoms with Gasteiger partial charge >= 0.3 is 6.03 Å². The molecule has 0 aromatic carbocycles. The SMILES string of the molecule is CN1N=C(c2ccncc2)C2CN(C(N)=O)CCC21. The normalized spacial score (nSPS) is 26.1. The van der Waals surface area contributed by atoms with Gasteiger partial charge in [0.15, 0.2) is 0 Å². The average Bonchev–Trinajstić information content (AvgIpc) is 2.77. The molecule has 2 atom stereocenters. The molecule has 6 heteroatoms. The summed E-state index contributed by atoms with van der Waals surface area (Å²) in [5.74, 6) is 0.230. The third-order valence-corrected chi connectivity index (χ3v) is 3.96. The highest BCUT2D eigenvalue weighted by Gasteiger charge is 2.40. The quantitative estimate of drug-likeness (QED) is 0.798. The Morgan fingerprint density at radius 3 is 2.84 bits per heavy atom. The molecule has 1 fully saturated rings. The molecule has 19 heavy (non-hydrogen) atoms. The van der Waals surface area contributed by atoms with Crippen LogP contribution in [0.5, 0.6) is 0 Å². The molecule has 100 valence electrons. The van der Waals surface area contributed by atoms with Gasteiger partial charge in [0, 0.05) is 44.0 Å². The maximum absolute atomic E-state index is 11.4. The van der Waals surface area contributed by atoms with Crippen LogP contribution in [0.2, 0.25) is 0 Å². The molecule has 0 saturated carbocycles. The Bertz CT molecular complexity index is 515. The Labute approximate surface area is 111 Å². The molecule has 0 bridgehead atoms. The van der Waals surface area contributed by atoms with Gasteiger partial charge in [-0.15, -0.1) is 0 Å². The fourth-order valence-electron chi connectivity index (χ4n) is 2.97. The monoisotopic (exact) mass is 259 g/mol. The molecule has 1 saturated heterocycles. The largest absolute Gasteiger partial charge is 0.351 e. The van der Waals surface area contributed by atoms with Crippen LogP contribution in [0.1, 0.15) is 12.0 Å². The van der Waals surface area contributed by atoms with Gasteiger partial charge in [-0.25, -0.2) is 4.79 Å². The van der Waals surface area contributed by atoms with Gasteiger partial charge in [0.1, 0.15) is 0 Å². The van der Waals surface area contributed by atoms with Crippen molar-refractivity contribution >= 4 is 11.7 Å². The predicted octanol–water partition coefficient (Wildman–Crippen LogP) is 0.500. The third-order valence-electron chi connectivity index (χ3n) is 3.96. The molecule has 0 aliphatic carbocycles. The number of urea groups is 1. The van der Waals surface area contributed by atoms with Crippen LogP contribution in [0.15, 0.2) is 29.6 Å². The van der Waals surface area contributed by atoms with Crippen molar-refractivity contribution in [2.75, 3.05) is 20.1 Å². The van der Waals surface area contributed by atoms with Crippen LogP contribution in [0.4, 0.5) is 4.79 Å². The average molecular weight is 259 g/mol. The number of aromatic nitrogens is 1. The lowest BCUT2D eigenvalue weighted by molar-refractivity contribution is 0.136. The molecular formula is C13H17N5O. The van der Waals surface area contributed by atoms with E-state index >= 15 is 0 Å². The van der Waals surface area contributed by atoms with E-state index in [-0.39, 0.29) is 11.9 Å². The molecule has 2 unspecified atom stereocenters. The topological polar surface area (TPSA) is 74.8 Å². The fourth-order valence-corrected chi connectivity index (χ4v) is 2.97. The maximum atomic E-state index is 11.4. The van der Waals surface area contributed by atoms with Gasteiger partial charge in [-0.1, -0.05) is 0 Å². The second-order valence-corrected chi connectivity index (χ2v) is 5.04. The van der Waals surface area contributed by atoms with E-state index < -0.39 is 0 Å². The van der Waals surface area contributed by atoms with Gasteiger partial charge in [0.2, 0.25) is 0 Å². The summed E-state index contributed by atoms with van der Waals surface area (Å²) in [4.78, 5) is 17.1. The zero-order chi connectivity index (χ0) is 13.4.